The minimum Gasteiger partial charge on any atom is -0.453 e. The van der Waals surface area contributed by atoms with Crippen LogP contribution in [0.25, 0.3) is 0 Å². The Hall–Kier alpha value is -3.00. The molecule has 1 aliphatic heterocycles. The van der Waals surface area contributed by atoms with Crippen LogP contribution in [0, 0.1) is 0 Å². The molecule has 7 heteroatoms. The summed E-state index contributed by atoms with van der Waals surface area (Å²) in [6, 6.07) is 19.2. The van der Waals surface area contributed by atoms with Crippen LogP contribution in [0.3, 0.4) is 0 Å². The third-order valence-corrected chi connectivity index (χ3v) is 5.03. The van der Waals surface area contributed by atoms with Crippen LogP contribution in [0.5, 0.6) is 0 Å². The maximum atomic E-state index is 11.8. The smallest absolute Gasteiger partial charge is 0.305 e. The highest BCUT2D eigenvalue weighted by molar-refractivity contribution is 5.67. The van der Waals surface area contributed by atoms with E-state index in [-0.39, 0.29) is 13.2 Å². The van der Waals surface area contributed by atoms with E-state index in [0.29, 0.717) is 6.61 Å². The molecule has 0 radical (unpaired) electrons. The molecule has 1 fully saturated rings. The van der Waals surface area contributed by atoms with Crippen molar-refractivity contribution in [3.05, 3.63) is 84.4 Å². The van der Waals surface area contributed by atoms with Crippen LogP contribution < -0.4 is 0 Å². The zero-order chi connectivity index (χ0) is 23.0. The van der Waals surface area contributed by atoms with E-state index in [2.05, 4.69) is 6.58 Å². The van der Waals surface area contributed by atoms with Gasteiger partial charge in [-0.25, -0.2) is 0 Å². The lowest BCUT2D eigenvalue weighted by molar-refractivity contribution is -0.204. The van der Waals surface area contributed by atoms with Crippen LogP contribution in [0.15, 0.2) is 73.3 Å². The molecule has 0 aromatic heterocycles. The molecular formula is C25H28O7. The topological polar surface area (TPSA) is 80.3 Å². The quantitative estimate of drug-likeness (QED) is 0.413. The summed E-state index contributed by atoms with van der Waals surface area (Å²) in [6.07, 6.45) is -1.41. The predicted molar refractivity (Wildman–Crippen MR) is 116 cm³/mol. The maximum absolute atomic E-state index is 11.8. The van der Waals surface area contributed by atoms with E-state index < -0.39 is 36.0 Å². The Kier molecular flexibility index (Phi) is 8.16. The van der Waals surface area contributed by atoms with Gasteiger partial charge in [0.25, 0.3) is 0 Å². The Bertz CT molecular complexity index is 899. The predicted octanol–water partition coefficient (Wildman–Crippen LogP) is 3.56. The SMILES string of the molecule is C=CC1(COCc2ccccc2)OC(OC(C)=O)C(OC(C)=O)C1OCc1ccccc1. The normalized spacial score (nSPS) is 24.6. The third-order valence-electron chi connectivity index (χ3n) is 5.03. The second kappa shape index (κ2) is 11.0. The minimum absolute atomic E-state index is 0.0559. The summed E-state index contributed by atoms with van der Waals surface area (Å²) in [6.45, 7) is 7.06. The summed E-state index contributed by atoms with van der Waals surface area (Å²) in [5, 5.41) is 0. The summed E-state index contributed by atoms with van der Waals surface area (Å²) in [7, 11) is 0. The number of hydrogen-bond acceptors (Lipinski definition) is 7. The average Bonchev–Trinajstić information content (AvgIpc) is 3.05. The molecule has 32 heavy (non-hydrogen) atoms. The van der Waals surface area contributed by atoms with Gasteiger partial charge in [-0.3, -0.25) is 9.59 Å². The molecule has 1 saturated heterocycles. The molecule has 1 heterocycles. The number of benzene rings is 2. The fourth-order valence-electron chi connectivity index (χ4n) is 3.57. The summed E-state index contributed by atoms with van der Waals surface area (Å²) in [5.41, 5.74) is 0.705. The van der Waals surface area contributed by atoms with Crippen LogP contribution in [0.1, 0.15) is 25.0 Å². The van der Waals surface area contributed by atoms with Crippen LogP contribution in [0.4, 0.5) is 0 Å². The molecule has 0 bridgehead atoms. The Morgan fingerprint density at radius 3 is 2.03 bits per heavy atom. The lowest BCUT2D eigenvalue weighted by atomic mass is 9.95. The van der Waals surface area contributed by atoms with Gasteiger partial charge in [0.2, 0.25) is 6.29 Å². The highest BCUT2D eigenvalue weighted by Crippen LogP contribution is 2.38. The molecule has 2 aromatic carbocycles. The first kappa shape index (κ1) is 23.7. The van der Waals surface area contributed by atoms with Gasteiger partial charge in [-0.1, -0.05) is 66.7 Å². The van der Waals surface area contributed by atoms with Crippen molar-refractivity contribution in [2.75, 3.05) is 6.61 Å². The van der Waals surface area contributed by atoms with Crippen molar-refractivity contribution in [3.8, 4) is 0 Å². The molecule has 0 saturated carbocycles. The van der Waals surface area contributed by atoms with Crippen LogP contribution in [0.2, 0.25) is 0 Å². The van der Waals surface area contributed by atoms with Crippen molar-refractivity contribution < 1.29 is 33.3 Å². The van der Waals surface area contributed by atoms with Gasteiger partial charge in [0.05, 0.1) is 19.8 Å². The van der Waals surface area contributed by atoms with Crippen molar-refractivity contribution >= 4 is 11.9 Å². The Morgan fingerprint density at radius 2 is 1.50 bits per heavy atom. The molecule has 4 unspecified atom stereocenters. The summed E-state index contributed by atoms with van der Waals surface area (Å²) >= 11 is 0. The zero-order valence-electron chi connectivity index (χ0n) is 18.3. The highest BCUT2D eigenvalue weighted by atomic mass is 16.8. The number of ether oxygens (including phenoxy) is 5. The van der Waals surface area contributed by atoms with E-state index in [1.807, 2.05) is 60.7 Å². The number of hydrogen-bond donors (Lipinski definition) is 0. The molecule has 170 valence electrons. The van der Waals surface area contributed by atoms with Gasteiger partial charge in [-0.05, 0) is 11.1 Å². The van der Waals surface area contributed by atoms with E-state index in [1.54, 1.807) is 6.08 Å². The van der Waals surface area contributed by atoms with Crippen molar-refractivity contribution in [1.82, 2.24) is 0 Å². The van der Waals surface area contributed by atoms with Crippen molar-refractivity contribution in [3.63, 3.8) is 0 Å². The fourth-order valence-corrected chi connectivity index (χ4v) is 3.57. The zero-order valence-corrected chi connectivity index (χ0v) is 18.3. The molecule has 0 amide bonds. The molecular weight excluding hydrogens is 412 g/mol. The second-order valence-corrected chi connectivity index (χ2v) is 7.52. The molecule has 0 spiro atoms. The van der Waals surface area contributed by atoms with Crippen LogP contribution >= 0.6 is 0 Å². The summed E-state index contributed by atoms with van der Waals surface area (Å²) < 4.78 is 29.0. The Morgan fingerprint density at radius 1 is 0.938 bits per heavy atom. The molecule has 0 N–H and O–H groups in total. The van der Waals surface area contributed by atoms with Crippen LogP contribution in [-0.2, 0) is 46.5 Å². The highest BCUT2D eigenvalue weighted by Gasteiger charge is 2.58. The number of carbonyl (C=O) groups is 2. The molecule has 3 rings (SSSR count). The van der Waals surface area contributed by atoms with Crippen molar-refractivity contribution in [1.29, 1.82) is 0 Å². The van der Waals surface area contributed by atoms with Gasteiger partial charge in [0, 0.05) is 13.8 Å². The first-order chi connectivity index (χ1) is 15.4. The number of esters is 2. The molecule has 2 aromatic rings. The Labute approximate surface area is 187 Å². The van der Waals surface area contributed by atoms with E-state index in [1.165, 1.54) is 13.8 Å². The van der Waals surface area contributed by atoms with E-state index in [4.69, 9.17) is 23.7 Å². The molecule has 0 aliphatic carbocycles. The first-order valence-corrected chi connectivity index (χ1v) is 10.4. The Balaban J connectivity index is 1.83. The summed E-state index contributed by atoms with van der Waals surface area (Å²) in [5.74, 6) is -1.12. The molecule has 4 atom stereocenters. The number of carbonyl (C=O) groups excluding carboxylic acids is 2. The first-order valence-electron chi connectivity index (χ1n) is 10.4. The van der Waals surface area contributed by atoms with Gasteiger partial charge < -0.3 is 23.7 Å². The third kappa shape index (κ3) is 6.03. The van der Waals surface area contributed by atoms with Crippen molar-refractivity contribution in [2.45, 2.75) is 51.2 Å². The standard InChI is InChI=1S/C25H28O7/c1-4-25(17-28-15-20-11-7-5-8-12-20)23(29-16-21-13-9-6-10-14-21)22(30-18(2)26)24(32-25)31-19(3)27/h4-14,22-24H,1,15-17H2,2-3H3. The number of rotatable bonds is 10. The largest absolute Gasteiger partial charge is 0.453 e. The van der Waals surface area contributed by atoms with Gasteiger partial charge in [0.15, 0.2) is 6.10 Å². The van der Waals surface area contributed by atoms with Crippen LogP contribution in [-0.4, -0.2) is 42.6 Å². The molecule has 1 aliphatic rings. The molecule has 7 nitrogen and oxygen atoms in total. The van der Waals surface area contributed by atoms with E-state index in [0.717, 1.165) is 11.1 Å². The average molecular weight is 440 g/mol. The van der Waals surface area contributed by atoms with Gasteiger partial charge in [-0.2, -0.15) is 0 Å². The fraction of sp³-hybridized carbons (Fsp3) is 0.360. The monoisotopic (exact) mass is 440 g/mol. The van der Waals surface area contributed by atoms with Gasteiger partial charge >= 0.3 is 11.9 Å². The van der Waals surface area contributed by atoms with E-state index >= 15 is 0 Å². The lowest BCUT2D eigenvalue weighted by Gasteiger charge is -2.31. The van der Waals surface area contributed by atoms with Gasteiger partial charge in [-0.15, -0.1) is 6.58 Å². The second-order valence-electron chi connectivity index (χ2n) is 7.52. The van der Waals surface area contributed by atoms with E-state index in [9.17, 15) is 9.59 Å². The summed E-state index contributed by atoms with van der Waals surface area (Å²) in [4.78, 5) is 23.5. The van der Waals surface area contributed by atoms with Crippen molar-refractivity contribution in [2.24, 2.45) is 0 Å². The lowest BCUT2D eigenvalue weighted by Crippen LogP contribution is -2.48. The minimum atomic E-state index is -1.20. The maximum Gasteiger partial charge on any atom is 0.305 e. The van der Waals surface area contributed by atoms with Gasteiger partial charge in [0.1, 0.15) is 11.7 Å².